The van der Waals surface area contributed by atoms with Crippen LogP contribution in [0.3, 0.4) is 0 Å². The van der Waals surface area contributed by atoms with Crippen molar-refractivity contribution in [2.45, 2.75) is 55.6 Å². The van der Waals surface area contributed by atoms with Gasteiger partial charge in [-0.3, -0.25) is 0 Å². The van der Waals surface area contributed by atoms with Gasteiger partial charge in [0, 0.05) is 21.5 Å². The van der Waals surface area contributed by atoms with Gasteiger partial charge in [0.25, 0.3) is 0 Å². The Bertz CT molecular complexity index is 4940. The maximum atomic E-state index is 17.2. The minimum atomic E-state index is -5.85. The fourth-order valence-electron chi connectivity index (χ4n) is 12.4. The number of halogens is 27. The SMILES string of the molecule is N#Cc1cc(C#N)cc(-c2cc(-n3c4ccc(-c5ccc(C(F)(F)F)cc5C(F)(F)F)cc4c4cc(-c5ccc(C(F)(F)F)cc5C(F)(F)F)ccc43)c(C(F)(F)F)c(-n3c4ccc(-c5ccc(C(F)(F)F)cc5C(F)(F)F)cc4c4cc(-c5ccc(C(F)(F)F)cc5C(F)(F)F)ccc43)c2)c1. The van der Waals surface area contributed by atoms with Crippen LogP contribution in [-0.2, 0) is 55.6 Å². The van der Waals surface area contributed by atoms with Crippen LogP contribution in [0.4, 0.5) is 119 Å². The average molecular weight is 1450 g/mol. The van der Waals surface area contributed by atoms with Gasteiger partial charge in [0.05, 0.1) is 101 Å². The third-order valence-electron chi connectivity index (χ3n) is 16.8. The first-order valence-electron chi connectivity index (χ1n) is 28.7. The normalized spacial score (nSPS) is 13.2. The van der Waals surface area contributed by atoms with Crippen LogP contribution in [0.1, 0.15) is 61.2 Å². The predicted octanol–water partition coefficient (Wildman–Crippen LogP) is 25.1. The van der Waals surface area contributed by atoms with Crippen molar-refractivity contribution in [2.75, 3.05) is 0 Å². The summed E-state index contributed by atoms with van der Waals surface area (Å²) in [6.45, 7) is 0. The Morgan fingerprint density at radius 3 is 0.667 bits per heavy atom. The van der Waals surface area contributed by atoms with E-state index in [0.29, 0.717) is 33.4 Å². The first kappa shape index (κ1) is 70.7. The van der Waals surface area contributed by atoms with Crippen LogP contribution in [0, 0.1) is 22.7 Å². The highest BCUT2D eigenvalue weighted by Gasteiger charge is 2.45. The molecule has 0 saturated heterocycles. The monoisotopic (exact) mass is 1450 g/mol. The fourth-order valence-corrected chi connectivity index (χ4v) is 12.4. The number of hydrogen-bond donors (Lipinski definition) is 0. The molecule has 2 aromatic heterocycles. The van der Waals surface area contributed by atoms with Crippen LogP contribution in [0.15, 0.2) is 176 Å². The van der Waals surface area contributed by atoms with E-state index in [0.717, 1.165) is 103 Å². The molecule has 0 aliphatic heterocycles. The lowest BCUT2D eigenvalue weighted by Crippen LogP contribution is -2.16. The third-order valence-corrected chi connectivity index (χ3v) is 16.8. The van der Waals surface area contributed by atoms with E-state index in [1.165, 1.54) is 0 Å². The van der Waals surface area contributed by atoms with Crippen LogP contribution >= 0.6 is 0 Å². The van der Waals surface area contributed by atoms with Gasteiger partial charge in [0.1, 0.15) is 5.56 Å². The summed E-state index contributed by atoms with van der Waals surface area (Å²) in [7, 11) is 0. The van der Waals surface area contributed by atoms with E-state index in [2.05, 4.69) is 0 Å². The van der Waals surface area contributed by atoms with Gasteiger partial charge in [-0.05, 0) is 183 Å². The summed E-state index contributed by atoms with van der Waals surface area (Å²) in [5.74, 6) is 0. The summed E-state index contributed by atoms with van der Waals surface area (Å²) in [6, 6.07) is 19.0. The van der Waals surface area contributed by atoms with Gasteiger partial charge >= 0.3 is 55.6 Å². The lowest BCUT2D eigenvalue weighted by atomic mass is 9.94. The molecule has 0 unspecified atom stereocenters. The minimum Gasteiger partial charge on any atom is -0.309 e. The minimum absolute atomic E-state index is 0.236. The highest BCUT2D eigenvalue weighted by atomic mass is 19.4. The molecule has 102 heavy (non-hydrogen) atoms. The molecule has 0 spiro atoms. The number of benzene rings is 10. The molecular formula is C71H29F27N4. The van der Waals surface area contributed by atoms with E-state index in [9.17, 15) is 116 Å². The summed E-state index contributed by atoms with van der Waals surface area (Å²) in [4.78, 5) is 0. The molecule has 0 atom stereocenters. The molecule has 10 aromatic carbocycles. The molecule has 4 nitrogen and oxygen atoms in total. The molecule has 0 radical (unpaired) electrons. The Morgan fingerprint density at radius 1 is 0.225 bits per heavy atom. The Morgan fingerprint density at radius 2 is 0.461 bits per heavy atom. The lowest BCUT2D eigenvalue weighted by molar-refractivity contribution is -0.144. The second kappa shape index (κ2) is 23.8. The summed E-state index contributed by atoms with van der Waals surface area (Å²) in [5, 5.41) is 18.1. The lowest BCUT2D eigenvalue weighted by Gasteiger charge is -2.23. The second-order valence-corrected chi connectivity index (χ2v) is 23.0. The van der Waals surface area contributed by atoms with Crippen LogP contribution in [0.5, 0.6) is 0 Å². The van der Waals surface area contributed by atoms with Gasteiger partial charge < -0.3 is 9.13 Å². The summed E-state index contributed by atoms with van der Waals surface area (Å²) in [6.07, 6.45) is -49.9. The third kappa shape index (κ3) is 12.9. The predicted molar refractivity (Wildman–Crippen MR) is 317 cm³/mol. The van der Waals surface area contributed by atoms with E-state index in [-0.39, 0.29) is 65.2 Å². The second-order valence-electron chi connectivity index (χ2n) is 23.0. The first-order chi connectivity index (χ1) is 47.1. The molecule has 0 amide bonds. The zero-order chi connectivity index (χ0) is 74.5. The van der Waals surface area contributed by atoms with Gasteiger partial charge in [-0.1, -0.05) is 48.5 Å². The van der Waals surface area contributed by atoms with E-state index in [4.69, 9.17) is 0 Å². The van der Waals surface area contributed by atoms with Crippen LogP contribution in [0.25, 0.3) is 111 Å². The highest BCUT2D eigenvalue weighted by molar-refractivity contribution is 6.14. The smallest absolute Gasteiger partial charge is 0.309 e. The van der Waals surface area contributed by atoms with Gasteiger partial charge in [0.2, 0.25) is 0 Å². The van der Waals surface area contributed by atoms with Crippen LogP contribution in [0.2, 0.25) is 0 Å². The van der Waals surface area contributed by atoms with Crippen molar-refractivity contribution < 1.29 is 119 Å². The standard InChI is InChI=1S/C71H29F27N4/c72-63(73,74)40-5-9-44(52(26-40)67(84,85)86)34-1-13-56-48(20-34)49-21-35(45-10-6-41(64(75,76)77)27-53(45)68(87,88)89)2-14-57(49)101(56)60-24-39(38-18-32(30-99)17-33(19-38)31-100)25-61(62(60)71(96,97)98)102-58-15-3-36(46-11-7-42(65(78,79)80)28-54(46)69(90,91)92)22-50(58)51-23-37(4-16-59(51)102)47-12-8-43(66(81,82)83)29-55(47)70(93,94)95/h1-29H. The molecule has 0 fully saturated rings. The summed E-state index contributed by atoms with van der Waals surface area (Å²) < 4.78 is 400. The molecule has 0 bridgehead atoms. The molecule has 0 aliphatic carbocycles. The molecule has 0 aliphatic rings. The topological polar surface area (TPSA) is 57.4 Å². The largest absolute Gasteiger partial charge is 0.420 e. The van der Waals surface area contributed by atoms with Crippen molar-refractivity contribution in [2.24, 2.45) is 0 Å². The van der Waals surface area contributed by atoms with Crippen molar-refractivity contribution in [1.29, 1.82) is 10.5 Å². The van der Waals surface area contributed by atoms with E-state index in [1.54, 1.807) is 12.1 Å². The van der Waals surface area contributed by atoms with Gasteiger partial charge in [-0.15, -0.1) is 0 Å². The molecule has 522 valence electrons. The molecule has 12 rings (SSSR count). The zero-order valence-corrected chi connectivity index (χ0v) is 49.7. The quantitative estimate of drug-likeness (QED) is 0.149. The van der Waals surface area contributed by atoms with E-state index < -0.39 is 211 Å². The molecule has 12 aromatic rings. The van der Waals surface area contributed by atoms with E-state index >= 15 is 13.2 Å². The van der Waals surface area contributed by atoms with Crippen molar-refractivity contribution in [3.8, 4) is 79.1 Å². The molecular weight excluding hydrogens is 1420 g/mol. The van der Waals surface area contributed by atoms with Crippen molar-refractivity contribution >= 4 is 43.6 Å². The zero-order valence-electron chi connectivity index (χ0n) is 49.7. The number of aromatic nitrogens is 2. The number of nitrogens with zero attached hydrogens (tertiary/aromatic N) is 4. The number of rotatable bonds is 7. The van der Waals surface area contributed by atoms with Crippen molar-refractivity contribution in [1.82, 2.24) is 9.13 Å². The summed E-state index contributed by atoms with van der Waals surface area (Å²) in [5.41, 5.74) is -29.7. The van der Waals surface area contributed by atoms with Crippen molar-refractivity contribution in [3.63, 3.8) is 0 Å². The Balaban J connectivity index is 1.25. The average Bonchev–Trinajstić information content (AvgIpc) is 1.54. The maximum absolute atomic E-state index is 17.2. The van der Waals surface area contributed by atoms with Gasteiger partial charge in [0.15, 0.2) is 0 Å². The first-order valence-corrected chi connectivity index (χ1v) is 28.7. The van der Waals surface area contributed by atoms with Crippen molar-refractivity contribution in [3.05, 3.63) is 237 Å². The summed E-state index contributed by atoms with van der Waals surface area (Å²) >= 11 is 0. The number of hydrogen-bond acceptors (Lipinski definition) is 2. The Hall–Kier alpha value is -11.1. The number of fused-ring (bicyclic) bond motifs is 6. The van der Waals surface area contributed by atoms with Gasteiger partial charge in [-0.25, -0.2) is 0 Å². The molecule has 2 heterocycles. The fraction of sp³-hybridized carbons (Fsp3) is 0.127. The maximum Gasteiger partial charge on any atom is 0.420 e. The Kier molecular flexibility index (Phi) is 16.5. The number of nitriles is 2. The molecule has 0 saturated carbocycles. The van der Waals surface area contributed by atoms with Gasteiger partial charge in [-0.2, -0.15) is 129 Å². The van der Waals surface area contributed by atoms with Crippen LogP contribution in [-0.4, -0.2) is 9.13 Å². The molecule has 31 heteroatoms. The molecule has 0 N–H and O–H groups in total. The van der Waals surface area contributed by atoms with Crippen LogP contribution < -0.4 is 0 Å². The Labute approximate surface area is 552 Å². The highest BCUT2D eigenvalue weighted by Crippen LogP contribution is 2.52. The number of alkyl halides is 27. The van der Waals surface area contributed by atoms with E-state index in [1.807, 2.05) is 0 Å².